The molecule has 0 unspecified atom stereocenters. The monoisotopic (exact) mass is 341 g/mol. The van der Waals surface area contributed by atoms with E-state index in [1.54, 1.807) is 31.2 Å². The number of aromatic nitrogens is 1. The molecule has 1 heterocycles. The van der Waals surface area contributed by atoms with Crippen LogP contribution >= 0.6 is 11.8 Å². The summed E-state index contributed by atoms with van der Waals surface area (Å²) in [5.41, 5.74) is 5.77. The van der Waals surface area contributed by atoms with E-state index >= 15 is 0 Å². The number of amides is 1. The number of nitrogens with zero attached hydrogens (tertiary/aromatic N) is 1. The Morgan fingerprint density at radius 1 is 1.36 bits per heavy atom. The molecule has 118 valence electrons. The number of sulfonamides is 1. The van der Waals surface area contributed by atoms with Crippen LogP contribution < -0.4 is 10.5 Å². The Balaban J connectivity index is 2.32. The summed E-state index contributed by atoms with van der Waals surface area (Å²) in [6.45, 7) is 3.08. The molecule has 1 amide bonds. The van der Waals surface area contributed by atoms with Crippen LogP contribution in [0.4, 0.5) is 5.69 Å². The number of nitrogens with one attached hydrogen (secondary N) is 1. The molecule has 2 aromatic rings. The highest BCUT2D eigenvalue weighted by atomic mass is 32.2. The van der Waals surface area contributed by atoms with Crippen LogP contribution in [0.1, 0.15) is 11.5 Å². The van der Waals surface area contributed by atoms with Gasteiger partial charge >= 0.3 is 0 Å². The van der Waals surface area contributed by atoms with Gasteiger partial charge in [-0.15, -0.1) is 11.8 Å². The Kier molecular flexibility index (Phi) is 4.77. The third-order valence-electron chi connectivity index (χ3n) is 2.74. The lowest BCUT2D eigenvalue weighted by molar-refractivity contribution is -0.115. The first-order valence-corrected chi connectivity index (χ1v) is 8.74. The fourth-order valence-electron chi connectivity index (χ4n) is 1.88. The van der Waals surface area contributed by atoms with E-state index in [0.717, 1.165) is 11.8 Å². The summed E-state index contributed by atoms with van der Waals surface area (Å²) < 4.78 is 32.4. The van der Waals surface area contributed by atoms with Gasteiger partial charge in [0.2, 0.25) is 5.91 Å². The molecule has 22 heavy (non-hydrogen) atoms. The lowest BCUT2D eigenvalue weighted by Gasteiger charge is -2.11. The van der Waals surface area contributed by atoms with Gasteiger partial charge in [-0.1, -0.05) is 17.3 Å². The number of anilines is 1. The molecule has 0 fully saturated rings. The Labute approximate surface area is 132 Å². The van der Waals surface area contributed by atoms with E-state index < -0.39 is 15.9 Å². The van der Waals surface area contributed by atoms with Gasteiger partial charge in [0.25, 0.3) is 10.0 Å². The first kappa shape index (κ1) is 16.4. The van der Waals surface area contributed by atoms with Crippen LogP contribution in [-0.2, 0) is 14.8 Å². The predicted octanol–water partition coefficient (Wildman–Crippen LogP) is 1.67. The molecule has 0 aliphatic carbocycles. The van der Waals surface area contributed by atoms with Gasteiger partial charge in [0.05, 0.1) is 11.4 Å². The van der Waals surface area contributed by atoms with E-state index in [2.05, 4.69) is 9.88 Å². The normalized spacial score (nSPS) is 11.4. The number of carbonyl (C=O) groups excluding carboxylic acids is 1. The molecule has 0 bridgehead atoms. The Morgan fingerprint density at radius 2 is 2.05 bits per heavy atom. The number of nitrogens with two attached hydrogens (primary N) is 1. The molecule has 9 heteroatoms. The first-order chi connectivity index (χ1) is 10.3. The summed E-state index contributed by atoms with van der Waals surface area (Å²) >= 11 is 1.16. The average molecular weight is 341 g/mol. The van der Waals surface area contributed by atoms with Crippen molar-refractivity contribution in [2.24, 2.45) is 5.73 Å². The molecule has 0 atom stereocenters. The molecule has 0 aliphatic heterocycles. The van der Waals surface area contributed by atoms with Gasteiger partial charge in [0.1, 0.15) is 5.69 Å². The molecule has 2 rings (SSSR count). The van der Waals surface area contributed by atoms with Crippen LogP contribution in [0.25, 0.3) is 0 Å². The summed E-state index contributed by atoms with van der Waals surface area (Å²) in [6, 6.07) is 6.76. The SMILES string of the molecule is Cc1noc(C)c1S(=O)(=O)Nc1ccccc1SCC(N)=O. The fraction of sp³-hybridized carbons (Fsp3) is 0.231. The lowest BCUT2D eigenvalue weighted by Crippen LogP contribution is -2.16. The van der Waals surface area contributed by atoms with Gasteiger partial charge in [0, 0.05) is 4.90 Å². The van der Waals surface area contributed by atoms with Crippen molar-refractivity contribution in [1.29, 1.82) is 0 Å². The second-order valence-electron chi connectivity index (χ2n) is 4.51. The molecule has 0 spiro atoms. The molecular formula is C13H15N3O4S2. The summed E-state index contributed by atoms with van der Waals surface area (Å²) in [6.07, 6.45) is 0. The molecule has 0 saturated carbocycles. The predicted molar refractivity (Wildman–Crippen MR) is 83.1 cm³/mol. The third-order valence-corrected chi connectivity index (χ3v) is 5.44. The first-order valence-electron chi connectivity index (χ1n) is 6.27. The van der Waals surface area contributed by atoms with Crippen molar-refractivity contribution in [1.82, 2.24) is 5.16 Å². The summed E-state index contributed by atoms with van der Waals surface area (Å²) in [5, 5.41) is 3.65. The van der Waals surface area contributed by atoms with Crippen molar-refractivity contribution in [2.75, 3.05) is 10.5 Å². The maximum absolute atomic E-state index is 12.5. The minimum absolute atomic E-state index is 0.0159. The topological polar surface area (TPSA) is 115 Å². The van der Waals surface area contributed by atoms with Crippen LogP contribution in [0, 0.1) is 13.8 Å². The van der Waals surface area contributed by atoms with Crippen molar-refractivity contribution in [3.8, 4) is 0 Å². The second-order valence-corrected chi connectivity index (χ2v) is 7.15. The lowest BCUT2D eigenvalue weighted by atomic mass is 10.3. The van der Waals surface area contributed by atoms with Gasteiger partial charge in [-0.05, 0) is 26.0 Å². The van der Waals surface area contributed by atoms with Crippen LogP contribution in [0.5, 0.6) is 0 Å². The van der Waals surface area contributed by atoms with Crippen LogP contribution in [0.2, 0.25) is 0 Å². The minimum Gasteiger partial charge on any atom is -0.369 e. The van der Waals surface area contributed by atoms with E-state index in [0.29, 0.717) is 10.6 Å². The maximum Gasteiger partial charge on any atom is 0.267 e. The minimum atomic E-state index is -3.83. The number of carbonyl (C=O) groups is 1. The zero-order valence-corrected chi connectivity index (χ0v) is 13.6. The van der Waals surface area contributed by atoms with Crippen molar-refractivity contribution < 1.29 is 17.7 Å². The number of para-hydroxylation sites is 1. The standard InChI is InChI=1S/C13H15N3O4S2/c1-8-13(9(2)20-15-8)22(18,19)16-10-5-3-4-6-11(10)21-7-12(14)17/h3-6,16H,7H2,1-2H3,(H2,14,17). The molecular weight excluding hydrogens is 326 g/mol. The van der Waals surface area contributed by atoms with Crippen molar-refractivity contribution >= 4 is 33.4 Å². The number of hydrogen-bond acceptors (Lipinski definition) is 6. The van der Waals surface area contributed by atoms with Gasteiger partial charge in [-0.25, -0.2) is 8.42 Å². The van der Waals surface area contributed by atoms with E-state index in [1.165, 1.54) is 6.92 Å². The number of thioether (sulfide) groups is 1. The fourth-order valence-corrected chi connectivity index (χ4v) is 4.10. The highest BCUT2D eigenvalue weighted by molar-refractivity contribution is 8.00. The quantitative estimate of drug-likeness (QED) is 0.772. The van der Waals surface area contributed by atoms with Crippen molar-refractivity contribution in [2.45, 2.75) is 23.6 Å². The zero-order valence-electron chi connectivity index (χ0n) is 12.0. The van der Waals surface area contributed by atoms with E-state index in [9.17, 15) is 13.2 Å². The third kappa shape index (κ3) is 3.60. The molecule has 1 aromatic carbocycles. The number of aryl methyl sites for hydroxylation is 2. The highest BCUT2D eigenvalue weighted by Crippen LogP contribution is 2.30. The number of primary amides is 1. The Bertz CT molecular complexity index is 780. The van der Waals surface area contributed by atoms with Crippen molar-refractivity contribution in [3.63, 3.8) is 0 Å². The number of benzene rings is 1. The van der Waals surface area contributed by atoms with Crippen LogP contribution in [0.3, 0.4) is 0 Å². The van der Waals surface area contributed by atoms with Crippen molar-refractivity contribution in [3.05, 3.63) is 35.7 Å². The van der Waals surface area contributed by atoms with Gasteiger partial charge in [-0.2, -0.15) is 0 Å². The average Bonchev–Trinajstić information content (AvgIpc) is 2.77. The molecule has 0 saturated heterocycles. The van der Waals surface area contributed by atoms with Gasteiger partial charge < -0.3 is 10.3 Å². The molecule has 3 N–H and O–H groups in total. The molecule has 7 nitrogen and oxygen atoms in total. The van der Waals surface area contributed by atoms with E-state index in [1.807, 2.05) is 0 Å². The second kappa shape index (κ2) is 6.41. The van der Waals surface area contributed by atoms with Crippen LogP contribution in [-0.4, -0.2) is 25.2 Å². The maximum atomic E-state index is 12.5. The number of rotatable bonds is 6. The van der Waals surface area contributed by atoms with Crippen LogP contribution in [0.15, 0.2) is 38.6 Å². The smallest absolute Gasteiger partial charge is 0.267 e. The summed E-state index contributed by atoms with van der Waals surface area (Å²) in [4.78, 5) is 11.5. The van der Waals surface area contributed by atoms with E-state index in [4.69, 9.17) is 10.3 Å². The zero-order chi connectivity index (χ0) is 16.3. The largest absolute Gasteiger partial charge is 0.369 e. The summed E-state index contributed by atoms with van der Waals surface area (Å²) in [7, 11) is -3.83. The number of hydrogen-bond donors (Lipinski definition) is 2. The summed E-state index contributed by atoms with van der Waals surface area (Å²) in [5.74, 6) is -0.204. The Hall–Kier alpha value is -2.00. The van der Waals surface area contributed by atoms with Gasteiger partial charge in [-0.3, -0.25) is 9.52 Å². The molecule has 0 radical (unpaired) electrons. The molecule has 0 aliphatic rings. The highest BCUT2D eigenvalue weighted by Gasteiger charge is 2.25. The Morgan fingerprint density at radius 3 is 2.64 bits per heavy atom. The molecule has 1 aromatic heterocycles. The van der Waals surface area contributed by atoms with E-state index in [-0.39, 0.29) is 22.1 Å². The van der Waals surface area contributed by atoms with Gasteiger partial charge in [0.15, 0.2) is 10.7 Å².